The molecule has 0 amide bonds. The van der Waals surface area contributed by atoms with E-state index in [0.717, 1.165) is 5.56 Å². The van der Waals surface area contributed by atoms with Gasteiger partial charge in [0.05, 0.1) is 25.6 Å². The minimum absolute atomic E-state index is 0.184. The minimum atomic E-state index is -1.79. The number of rotatable bonds is 6. The maximum absolute atomic E-state index is 12.8. The van der Waals surface area contributed by atoms with Gasteiger partial charge in [0.25, 0.3) is 0 Å². The number of hydrogen-bond donors (Lipinski definition) is 2. The van der Waals surface area contributed by atoms with E-state index in [1.165, 1.54) is 16.4 Å². The first-order valence-electron chi connectivity index (χ1n) is 8.35. The fourth-order valence-electron chi connectivity index (χ4n) is 3.15. The summed E-state index contributed by atoms with van der Waals surface area (Å²) >= 11 is 7.47. The maximum atomic E-state index is 12.8. The van der Waals surface area contributed by atoms with Gasteiger partial charge in [-0.25, -0.2) is 0 Å². The zero-order valence-electron chi connectivity index (χ0n) is 15.2. The maximum Gasteiger partial charge on any atom is 0.316 e. The Balaban J connectivity index is 2.12. The largest absolute Gasteiger partial charge is 0.497 e. The van der Waals surface area contributed by atoms with Crippen molar-refractivity contribution in [2.24, 2.45) is 5.92 Å². The molecule has 1 aliphatic heterocycles. The molecule has 0 spiro atoms. The molecule has 146 valence electrons. The van der Waals surface area contributed by atoms with Crippen molar-refractivity contribution in [2.75, 3.05) is 31.2 Å². The van der Waals surface area contributed by atoms with Gasteiger partial charge in [-0.15, -0.1) is 16.7 Å². The Bertz CT molecular complexity index is 816. The lowest BCUT2D eigenvalue weighted by molar-refractivity contribution is -0.170. The van der Waals surface area contributed by atoms with Gasteiger partial charge in [0.15, 0.2) is 5.72 Å². The average Bonchev–Trinajstić information content (AvgIpc) is 3.12. The van der Waals surface area contributed by atoms with Crippen LogP contribution in [0.3, 0.4) is 0 Å². The van der Waals surface area contributed by atoms with Crippen LogP contribution in [0.15, 0.2) is 29.4 Å². The van der Waals surface area contributed by atoms with Crippen molar-refractivity contribution in [3.05, 3.63) is 29.8 Å². The number of esters is 1. The van der Waals surface area contributed by atoms with Crippen molar-refractivity contribution in [3.8, 4) is 5.75 Å². The first-order valence-corrected chi connectivity index (χ1v) is 10.1. The number of ether oxygens (including phenoxy) is 2. The molecule has 1 aliphatic rings. The van der Waals surface area contributed by atoms with Gasteiger partial charge in [-0.05, 0) is 30.9 Å². The van der Waals surface area contributed by atoms with Crippen molar-refractivity contribution in [1.29, 1.82) is 0 Å². The second-order valence-electron chi connectivity index (χ2n) is 5.97. The Morgan fingerprint density at radius 2 is 2.15 bits per heavy atom. The molecule has 0 saturated carbocycles. The standard InChI is InChI=1S/C17H21ClN4O4S/c1-4-26-14(23)12-13(10-5-7-11(25-2)8-6-10)19-15-20-16(27-3)21-22(15)17(12,24)9-18/h5-8,12-13,24H,4,9H2,1-3H3,(H,19,20,21). The van der Waals surface area contributed by atoms with Gasteiger partial charge < -0.3 is 19.9 Å². The number of aliphatic hydroxyl groups is 1. The Hall–Kier alpha value is -1.97. The zero-order chi connectivity index (χ0) is 19.6. The summed E-state index contributed by atoms with van der Waals surface area (Å²) in [4.78, 5) is 17.2. The summed E-state index contributed by atoms with van der Waals surface area (Å²) in [6, 6.07) is 6.60. The van der Waals surface area contributed by atoms with Crippen LogP contribution in [0.1, 0.15) is 18.5 Å². The molecule has 3 unspecified atom stereocenters. The van der Waals surface area contributed by atoms with E-state index in [-0.39, 0.29) is 12.5 Å². The fraction of sp³-hybridized carbons (Fsp3) is 0.471. The molecule has 2 aromatic rings. The first kappa shape index (κ1) is 19.8. The molecule has 0 bridgehead atoms. The Morgan fingerprint density at radius 3 is 2.70 bits per heavy atom. The number of hydrogen-bond acceptors (Lipinski definition) is 8. The van der Waals surface area contributed by atoms with Crippen LogP contribution >= 0.6 is 23.4 Å². The second-order valence-corrected chi connectivity index (χ2v) is 7.01. The molecule has 0 aliphatic carbocycles. The van der Waals surface area contributed by atoms with E-state index in [9.17, 15) is 9.90 Å². The van der Waals surface area contributed by atoms with Gasteiger partial charge in [-0.3, -0.25) is 4.79 Å². The number of alkyl halides is 1. The Morgan fingerprint density at radius 1 is 1.44 bits per heavy atom. The van der Waals surface area contributed by atoms with E-state index in [2.05, 4.69) is 15.4 Å². The van der Waals surface area contributed by atoms with Crippen molar-refractivity contribution in [1.82, 2.24) is 14.8 Å². The normalized spacial score (nSPS) is 24.0. The molecule has 3 atom stereocenters. The number of aromatic nitrogens is 3. The summed E-state index contributed by atoms with van der Waals surface area (Å²) < 4.78 is 11.7. The van der Waals surface area contributed by atoms with E-state index in [1.807, 2.05) is 18.4 Å². The molecule has 2 heterocycles. The number of thioether (sulfide) groups is 1. The summed E-state index contributed by atoms with van der Waals surface area (Å²) in [5.74, 6) is -0.825. The molecule has 10 heteroatoms. The molecule has 1 aromatic heterocycles. The van der Waals surface area contributed by atoms with Crippen molar-refractivity contribution in [2.45, 2.75) is 23.8 Å². The lowest BCUT2D eigenvalue weighted by atomic mass is 9.83. The number of halogens is 1. The number of fused-ring (bicyclic) bond motifs is 1. The summed E-state index contributed by atoms with van der Waals surface area (Å²) in [6.45, 7) is 1.90. The highest BCUT2D eigenvalue weighted by Crippen LogP contribution is 2.44. The van der Waals surface area contributed by atoms with Crippen molar-refractivity contribution < 1.29 is 19.4 Å². The first-order chi connectivity index (χ1) is 13.0. The lowest BCUT2D eigenvalue weighted by Crippen LogP contribution is -2.55. The molecule has 0 fully saturated rings. The molecular weight excluding hydrogens is 392 g/mol. The highest BCUT2D eigenvalue weighted by atomic mass is 35.5. The summed E-state index contributed by atoms with van der Waals surface area (Å²) in [7, 11) is 1.58. The number of methoxy groups -OCH3 is 1. The van der Waals surface area contributed by atoms with Gasteiger partial charge in [-0.2, -0.15) is 9.67 Å². The van der Waals surface area contributed by atoms with Gasteiger partial charge in [0.1, 0.15) is 11.7 Å². The van der Waals surface area contributed by atoms with Crippen LogP contribution in [0.2, 0.25) is 0 Å². The average molecular weight is 413 g/mol. The van der Waals surface area contributed by atoms with Gasteiger partial charge >= 0.3 is 5.97 Å². The SMILES string of the molecule is CCOC(=O)C1C(c2ccc(OC)cc2)Nc2nc(SC)nn2C1(O)CCl. The topological polar surface area (TPSA) is 98.5 Å². The smallest absolute Gasteiger partial charge is 0.316 e. The van der Waals surface area contributed by atoms with Crippen molar-refractivity contribution >= 4 is 35.3 Å². The van der Waals surface area contributed by atoms with Crippen LogP contribution in [0.5, 0.6) is 5.75 Å². The fourth-order valence-corrected chi connectivity index (χ4v) is 3.77. The molecule has 1 aromatic carbocycles. The van der Waals surface area contributed by atoms with Crippen LogP contribution < -0.4 is 10.1 Å². The molecule has 8 nitrogen and oxygen atoms in total. The summed E-state index contributed by atoms with van der Waals surface area (Å²) in [5.41, 5.74) is -1.03. The van der Waals surface area contributed by atoms with Crippen LogP contribution in [0.4, 0.5) is 5.95 Å². The Kier molecular flexibility index (Phi) is 5.83. The molecule has 0 saturated heterocycles. The van der Waals surface area contributed by atoms with Gasteiger partial charge in [0.2, 0.25) is 11.1 Å². The number of anilines is 1. The number of nitrogens with zero attached hydrogens (tertiary/aromatic N) is 3. The third-order valence-corrected chi connectivity index (χ3v) is 5.40. The van der Waals surface area contributed by atoms with E-state index >= 15 is 0 Å². The van der Waals surface area contributed by atoms with Gasteiger partial charge in [-0.1, -0.05) is 23.9 Å². The quantitative estimate of drug-likeness (QED) is 0.423. The summed E-state index contributed by atoms with van der Waals surface area (Å²) in [6.07, 6.45) is 1.82. The van der Waals surface area contributed by atoms with Crippen molar-refractivity contribution in [3.63, 3.8) is 0 Å². The summed E-state index contributed by atoms with van der Waals surface area (Å²) in [5, 5.41) is 19.3. The monoisotopic (exact) mass is 412 g/mol. The highest BCUT2D eigenvalue weighted by molar-refractivity contribution is 7.98. The lowest BCUT2D eigenvalue weighted by Gasteiger charge is -2.42. The number of nitrogens with one attached hydrogen (secondary N) is 1. The van der Waals surface area contributed by atoms with Crippen LogP contribution in [-0.2, 0) is 15.3 Å². The van der Waals surface area contributed by atoms with Gasteiger partial charge in [0, 0.05) is 0 Å². The van der Waals surface area contributed by atoms with E-state index < -0.39 is 23.7 Å². The second kappa shape index (κ2) is 7.95. The highest BCUT2D eigenvalue weighted by Gasteiger charge is 2.54. The number of carbonyl (C=O) groups is 1. The van der Waals surface area contributed by atoms with Crippen LogP contribution in [0, 0.1) is 5.92 Å². The zero-order valence-corrected chi connectivity index (χ0v) is 16.8. The van der Waals surface area contributed by atoms with Crippen LogP contribution in [-0.4, -0.2) is 51.7 Å². The predicted molar refractivity (Wildman–Crippen MR) is 102 cm³/mol. The minimum Gasteiger partial charge on any atom is -0.497 e. The molecular formula is C17H21ClN4O4S. The Labute approximate surface area is 166 Å². The number of carbonyl (C=O) groups excluding carboxylic acids is 1. The molecule has 27 heavy (non-hydrogen) atoms. The van der Waals surface area contributed by atoms with E-state index in [4.69, 9.17) is 21.1 Å². The van der Waals surface area contributed by atoms with E-state index in [1.54, 1.807) is 26.2 Å². The molecule has 2 N–H and O–H groups in total. The van der Waals surface area contributed by atoms with Crippen LogP contribution in [0.25, 0.3) is 0 Å². The molecule has 0 radical (unpaired) electrons. The predicted octanol–water partition coefficient (Wildman–Crippen LogP) is 2.24. The number of benzene rings is 1. The third kappa shape index (κ3) is 3.46. The van der Waals surface area contributed by atoms with E-state index in [0.29, 0.717) is 16.9 Å². The third-order valence-electron chi connectivity index (χ3n) is 4.47. The molecule has 3 rings (SSSR count).